The number of allylic oxidation sites excluding steroid dienone is 1. The van der Waals surface area contributed by atoms with Crippen molar-refractivity contribution in [3.8, 4) is 17.6 Å². The number of benzene rings is 2. The van der Waals surface area contributed by atoms with Gasteiger partial charge in [0.2, 0.25) is 5.82 Å². The van der Waals surface area contributed by atoms with E-state index in [0.717, 1.165) is 28.3 Å². The average molecular weight is 332 g/mol. The Hall–Kier alpha value is -3.66. The molecule has 25 heavy (non-hydrogen) atoms. The van der Waals surface area contributed by atoms with E-state index in [4.69, 9.17) is 10.00 Å². The van der Waals surface area contributed by atoms with Gasteiger partial charge in [-0.15, -0.1) is 10.2 Å². The van der Waals surface area contributed by atoms with E-state index in [2.05, 4.69) is 25.9 Å². The molecule has 0 bridgehead atoms. The van der Waals surface area contributed by atoms with Gasteiger partial charge in [-0.2, -0.15) is 10.5 Å². The van der Waals surface area contributed by atoms with E-state index in [-0.39, 0.29) is 11.4 Å². The summed E-state index contributed by atoms with van der Waals surface area (Å²) in [5.74, 6) is 1.85. The number of aromatic amines is 1. The van der Waals surface area contributed by atoms with E-state index in [1.165, 1.54) is 0 Å². The molecule has 3 aromatic rings. The van der Waals surface area contributed by atoms with Crippen molar-refractivity contribution in [3.63, 3.8) is 0 Å². The molecule has 7 heteroatoms. The Balaban J connectivity index is 1.76. The average Bonchev–Trinajstić information content (AvgIpc) is 3.14. The third kappa shape index (κ3) is 3.82. The number of aromatic nitrogens is 4. The van der Waals surface area contributed by atoms with Crippen LogP contribution in [0.1, 0.15) is 17.0 Å². The molecule has 0 amide bonds. The molecule has 1 aromatic heterocycles. The first-order chi connectivity index (χ1) is 12.2. The smallest absolute Gasteiger partial charge is 0.216 e. The van der Waals surface area contributed by atoms with Crippen molar-refractivity contribution in [2.24, 2.45) is 0 Å². The Bertz CT molecular complexity index is 940. The molecule has 0 aliphatic carbocycles. The largest absolute Gasteiger partial charge is 0.457 e. The summed E-state index contributed by atoms with van der Waals surface area (Å²) in [6.45, 7) is 3.97. The molecule has 0 fully saturated rings. The van der Waals surface area contributed by atoms with Crippen molar-refractivity contribution in [1.29, 1.82) is 5.26 Å². The lowest BCUT2D eigenvalue weighted by Crippen LogP contribution is -1.95. The van der Waals surface area contributed by atoms with Gasteiger partial charge in [0.15, 0.2) is 0 Å². The number of hydrogen-bond acceptors (Lipinski definition) is 6. The van der Waals surface area contributed by atoms with E-state index in [1.54, 1.807) is 6.20 Å². The quantitative estimate of drug-likeness (QED) is 0.693. The fourth-order valence-electron chi connectivity index (χ4n) is 2.22. The molecule has 0 radical (unpaired) electrons. The van der Waals surface area contributed by atoms with Crippen LogP contribution < -0.4 is 10.1 Å². The fourth-order valence-corrected chi connectivity index (χ4v) is 2.22. The molecule has 124 valence electrons. The van der Waals surface area contributed by atoms with Crippen molar-refractivity contribution in [2.45, 2.75) is 13.8 Å². The van der Waals surface area contributed by atoms with Crippen molar-refractivity contribution < 1.29 is 4.74 Å². The van der Waals surface area contributed by atoms with Crippen LogP contribution in [0.5, 0.6) is 11.5 Å². The van der Waals surface area contributed by atoms with Crippen LogP contribution in [0, 0.1) is 25.2 Å². The van der Waals surface area contributed by atoms with Crippen LogP contribution >= 0.6 is 0 Å². The molecule has 0 saturated heterocycles. The van der Waals surface area contributed by atoms with Gasteiger partial charge in [0, 0.05) is 11.9 Å². The molecule has 0 aliphatic rings. The topological polar surface area (TPSA) is 99.5 Å². The van der Waals surface area contributed by atoms with E-state index in [9.17, 15) is 0 Å². The zero-order valence-electron chi connectivity index (χ0n) is 13.8. The van der Waals surface area contributed by atoms with Gasteiger partial charge < -0.3 is 10.1 Å². The van der Waals surface area contributed by atoms with E-state index in [1.807, 2.05) is 62.4 Å². The fraction of sp³-hybridized carbons (Fsp3) is 0.111. The third-order valence-corrected chi connectivity index (χ3v) is 3.58. The Kier molecular flexibility index (Phi) is 4.72. The summed E-state index contributed by atoms with van der Waals surface area (Å²) in [6, 6.07) is 15.6. The van der Waals surface area contributed by atoms with Gasteiger partial charge in [-0.25, -0.2) is 0 Å². The van der Waals surface area contributed by atoms with Crippen LogP contribution in [0.2, 0.25) is 0 Å². The van der Waals surface area contributed by atoms with Gasteiger partial charge in [-0.1, -0.05) is 18.2 Å². The second kappa shape index (κ2) is 7.27. The lowest BCUT2D eigenvalue weighted by molar-refractivity contribution is 0.475. The molecule has 2 aromatic carbocycles. The number of nitrogens with one attached hydrogen (secondary N) is 2. The molecule has 3 rings (SSSR count). The molecular weight excluding hydrogens is 316 g/mol. The van der Waals surface area contributed by atoms with Gasteiger partial charge in [0.25, 0.3) is 0 Å². The molecule has 0 saturated carbocycles. The van der Waals surface area contributed by atoms with Crippen molar-refractivity contribution >= 4 is 11.3 Å². The highest BCUT2D eigenvalue weighted by Crippen LogP contribution is 2.29. The Labute approximate surface area is 145 Å². The first-order valence-electron chi connectivity index (χ1n) is 7.62. The summed E-state index contributed by atoms with van der Waals surface area (Å²) in [5, 5.41) is 25.6. The van der Waals surface area contributed by atoms with Gasteiger partial charge in [-0.05, 0) is 54.5 Å². The number of nitriles is 1. The van der Waals surface area contributed by atoms with E-state index in [0.29, 0.717) is 0 Å². The van der Waals surface area contributed by atoms with Gasteiger partial charge in [0.05, 0.1) is 0 Å². The van der Waals surface area contributed by atoms with Crippen LogP contribution in [0.3, 0.4) is 0 Å². The lowest BCUT2D eigenvalue weighted by Gasteiger charge is -2.12. The number of anilines is 1. The minimum Gasteiger partial charge on any atom is -0.457 e. The number of nitrogens with zero attached hydrogens (tertiary/aromatic N) is 4. The second-order valence-electron chi connectivity index (χ2n) is 5.40. The van der Waals surface area contributed by atoms with E-state index < -0.39 is 0 Å². The van der Waals surface area contributed by atoms with Crippen LogP contribution in [-0.4, -0.2) is 20.6 Å². The maximum atomic E-state index is 9.16. The summed E-state index contributed by atoms with van der Waals surface area (Å²) < 4.78 is 5.97. The molecule has 7 nitrogen and oxygen atoms in total. The molecule has 0 unspecified atom stereocenters. The molecule has 0 atom stereocenters. The van der Waals surface area contributed by atoms with Crippen LogP contribution in [-0.2, 0) is 0 Å². The standard InChI is InChI=1S/C18H16N6O/c1-12-5-3-4-6-16(12)25-17-8-7-15(9-13(17)2)20-11-14(10-19)18-21-23-24-22-18/h3-9,11,20H,1-2H3,(H,21,22,23,24). The highest BCUT2D eigenvalue weighted by Gasteiger charge is 2.07. The molecule has 0 aliphatic heterocycles. The number of aryl methyl sites for hydroxylation is 2. The van der Waals surface area contributed by atoms with Crippen LogP contribution in [0.25, 0.3) is 5.57 Å². The minimum absolute atomic E-state index is 0.242. The number of hydrogen-bond donors (Lipinski definition) is 2. The monoisotopic (exact) mass is 332 g/mol. The first-order valence-corrected chi connectivity index (χ1v) is 7.62. The Morgan fingerprint density at radius 3 is 2.64 bits per heavy atom. The summed E-state index contributed by atoms with van der Waals surface area (Å²) in [4.78, 5) is 0. The highest BCUT2D eigenvalue weighted by atomic mass is 16.5. The Morgan fingerprint density at radius 2 is 1.96 bits per heavy atom. The SMILES string of the molecule is Cc1ccccc1Oc1ccc(NC=C(C#N)c2nn[nH]n2)cc1C. The zero-order chi connectivity index (χ0) is 17.6. The van der Waals surface area contributed by atoms with Crippen molar-refractivity contribution in [2.75, 3.05) is 5.32 Å². The number of H-pyrrole nitrogens is 1. The first kappa shape index (κ1) is 16.2. The summed E-state index contributed by atoms with van der Waals surface area (Å²) in [7, 11) is 0. The summed E-state index contributed by atoms with van der Waals surface area (Å²) >= 11 is 0. The number of para-hydroxylation sites is 1. The van der Waals surface area contributed by atoms with Crippen molar-refractivity contribution in [3.05, 3.63) is 65.6 Å². The van der Waals surface area contributed by atoms with Crippen LogP contribution in [0.4, 0.5) is 5.69 Å². The lowest BCUT2D eigenvalue weighted by atomic mass is 10.2. The molecule has 0 spiro atoms. The number of ether oxygens (including phenoxy) is 1. The van der Waals surface area contributed by atoms with Gasteiger partial charge >= 0.3 is 0 Å². The van der Waals surface area contributed by atoms with Crippen LogP contribution in [0.15, 0.2) is 48.7 Å². The second-order valence-corrected chi connectivity index (χ2v) is 5.40. The summed E-state index contributed by atoms with van der Waals surface area (Å²) in [5.41, 5.74) is 3.16. The maximum absolute atomic E-state index is 9.16. The zero-order valence-corrected chi connectivity index (χ0v) is 13.8. The highest BCUT2D eigenvalue weighted by molar-refractivity contribution is 5.74. The molecule has 1 heterocycles. The number of rotatable bonds is 5. The minimum atomic E-state index is 0.242. The number of tetrazole rings is 1. The third-order valence-electron chi connectivity index (χ3n) is 3.58. The van der Waals surface area contributed by atoms with E-state index >= 15 is 0 Å². The predicted octanol–water partition coefficient (Wildman–Crippen LogP) is 3.59. The van der Waals surface area contributed by atoms with Gasteiger partial charge in [0.1, 0.15) is 23.1 Å². The Morgan fingerprint density at radius 1 is 1.16 bits per heavy atom. The van der Waals surface area contributed by atoms with Gasteiger partial charge in [-0.3, -0.25) is 0 Å². The maximum Gasteiger partial charge on any atom is 0.216 e. The summed E-state index contributed by atoms with van der Waals surface area (Å²) in [6.07, 6.45) is 1.54. The van der Waals surface area contributed by atoms with Crippen molar-refractivity contribution in [1.82, 2.24) is 20.6 Å². The molecular formula is C18H16N6O. The predicted molar refractivity (Wildman–Crippen MR) is 93.8 cm³/mol. The normalized spacial score (nSPS) is 11.0. The molecule has 2 N–H and O–H groups in total.